The summed E-state index contributed by atoms with van der Waals surface area (Å²) in [6.45, 7) is 1.67. The minimum atomic E-state index is -3.62. The first-order valence-corrected chi connectivity index (χ1v) is 11.4. The Kier molecular flexibility index (Phi) is 4.23. The van der Waals surface area contributed by atoms with Gasteiger partial charge in [0.15, 0.2) is 0 Å². The minimum absolute atomic E-state index is 0.206. The van der Waals surface area contributed by atoms with Crippen LogP contribution >= 0.6 is 11.6 Å². The predicted octanol–water partition coefficient (Wildman–Crippen LogP) is 3.32. The number of sulfonamides is 1. The molecule has 5 rings (SSSR count). The summed E-state index contributed by atoms with van der Waals surface area (Å²) in [6.07, 6.45) is 6.15. The fourth-order valence-electron chi connectivity index (χ4n) is 4.93. The van der Waals surface area contributed by atoms with E-state index >= 15 is 0 Å². The Labute approximate surface area is 159 Å². The van der Waals surface area contributed by atoms with Crippen molar-refractivity contribution in [3.8, 4) is 5.75 Å². The molecule has 0 radical (unpaired) electrons. The van der Waals surface area contributed by atoms with E-state index in [4.69, 9.17) is 21.1 Å². The molecule has 4 unspecified atom stereocenters. The topological polar surface area (TPSA) is 55.8 Å². The zero-order valence-corrected chi connectivity index (χ0v) is 16.2. The molecule has 7 heteroatoms. The van der Waals surface area contributed by atoms with E-state index in [0.29, 0.717) is 48.2 Å². The third-order valence-electron chi connectivity index (χ3n) is 6.64. The lowest BCUT2D eigenvalue weighted by Crippen LogP contribution is -2.32. The number of nitrogens with zero attached hydrogens (tertiary/aromatic N) is 1. The van der Waals surface area contributed by atoms with E-state index in [1.165, 1.54) is 12.5 Å². The van der Waals surface area contributed by atoms with Crippen LogP contribution in [0.25, 0.3) is 0 Å². The molecule has 5 nitrogen and oxygen atoms in total. The second kappa shape index (κ2) is 6.36. The average molecular weight is 398 g/mol. The van der Waals surface area contributed by atoms with Gasteiger partial charge in [-0.3, -0.25) is 0 Å². The maximum Gasteiger partial charge on any atom is 0.246 e. The van der Waals surface area contributed by atoms with Gasteiger partial charge in [0.1, 0.15) is 10.6 Å². The van der Waals surface area contributed by atoms with Crippen LogP contribution < -0.4 is 4.74 Å². The van der Waals surface area contributed by atoms with Crippen molar-refractivity contribution in [2.75, 3.05) is 19.7 Å². The van der Waals surface area contributed by atoms with Crippen LogP contribution in [0.1, 0.15) is 32.1 Å². The molecule has 1 saturated carbocycles. The number of benzene rings is 1. The van der Waals surface area contributed by atoms with E-state index in [9.17, 15) is 8.42 Å². The Morgan fingerprint density at radius 1 is 1.12 bits per heavy atom. The normalized spacial score (nSPS) is 34.0. The van der Waals surface area contributed by atoms with Gasteiger partial charge in [-0.2, -0.15) is 4.31 Å². The summed E-state index contributed by atoms with van der Waals surface area (Å²) in [5, 5.41) is 0.419. The molecular weight excluding hydrogens is 374 g/mol. The minimum Gasteiger partial charge on any atom is -0.492 e. The van der Waals surface area contributed by atoms with Gasteiger partial charge in [-0.1, -0.05) is 18.0 Å². The van der Waals surface area contributed by atoms with Crippen LogP contribution in [0, 0.1) is 17.8 Å². The van der Waals surface area contributed by atoms with Crippen molar-refractivity contribution in [2.45, 2.75) is 49.2 Å². The summed E-state index contributed by atoms with van der Waals surface area (Å²) in [5.74, 6) is 1.64. The zero-order valence-electron chi connectivity index (χ0n) is 14.6. The Bertz CT molecular complexity index is 792. The molecule has 1 aliphatic carbocycles. The summed E-state index contributed by atoms with van der Waals surface area (Å²) in [6, 6.07) is 4.92. The molecule has 2 bridgehead atoms. The van der Waals surface area contributed by atoms with Crippen molar-refractivity contribution in [1.82, 2.24) is 4.31 Å². The van der Waals surface area contributed by atoms with Crippen LogP contribution in [0.4, 0.5) is 0 Å². The SMILES string of the molecule is O=S(=O)(c1cc(Cl)ccc1OCC1CCC1)N1CC2C3CCC(O3)C2C1. The molecule has 3 aliphatic heterocycles. The Morgan fingerprint density at radius 3 is 2.42 bits per heavy atom. The number of hydrogen-bond donors (Lipinski definition) is 0. The number of ether oxygens (including phenoxy) is 2. The molecular formula is C19H24ClNO4S. The van der Waals surface area contributed by atoms with Crippen LogP contribution in [0.5, 0.6) is 5.75 Å². The zero-order chi connectivity index (χ0) is 17.9. The van der Waals surface area contributed by atoms with Crippen molar-refractivity contribution < 1.29 is 17.9 Å². The number of rotatable bonds is 5. The standard InChI is InChI=1S/C19H24ClNO4S/c20-13-4-5-18(24-11-12-2-1-3-12)19(8-13)26(22,23)21-9-14-15(10-21)17-7-6-16(14)25-17/h4-5,8,12,14-17H,1-3,6-7,9-11H2. The highest BCUT2D eigenvalue weighted by molar-refractivity contribution is 7.89. The van der Waals surface area contributed by atoms with E-state index < -0.39 is 10.0 Å². The third kappa shape index (κ3) is 2.77. The summed E-state index contributed by atoms with van der Waals surface area (Å²) in [7, 11) is -3.62. The molecule has 0 spiro atoms. The van der Waals surface area contributed by atoms with Gasteiger partial charge in [0, 0.05) is 29.9 Å². The smallest absolute Gasteiger partial charge is 0.246 e. The van der Waals surface area contributed by atoms with Gasteiger partial charge in [-0.05, 0) is 49.8 Å². The van der Waals surface area contributed by atoms with Crippen molar-refractivity contribution in [3.05, 3.63) is 23.2 Å². The fraction of sp³-hybridized carbons (Fsp3) is 0.684. The van der Waals surface area contributed by atoms with Crippen LogP contribution in [0.2, 0.25) is 5.02 Å². The number of halogens is 1. The number of fused-ring (bicyclic) bond motifs is 5. The van der Waals surface area contributed by atoms with Gasteiger partial charge in [0.25, 0.3) is 0 Å². The molecule has 3 saturated heterocycles. The molecule has 4 aliphatic rings. The van der Waals surface area contributed by atoms with Crippen LogP contribution in [-0.4, -0.2) is 44.6 Å². The molecule has 26 heavy (non-hydrogen) atoms. The highest BCUT2D eigenvalue weighted by atomic mass is 35.5. The quantitative estimate of drug-likeness (QED) is 0.764. The largest absolute Gasteiger partial charge is 0.492 e. The van der Waals surface area contributed by atoms with Gasteiger partial charge >= 0.3 is 0 Å². The molecule has 0 amide bonds. The molecule has 0 N–H and O–H groups in total. The maximum absolute atomic E-state index is 13.3. The van der Waals surface area contributed by atoms with E-state index in [0.717, 1.165) is 25.7 Å². The molecule has 4 atom stereocenters. The summed E-state index contributed by atoms with van der Waals surface area (Å²) >= 11 is 6.12. The predicted molar refractivity (Wildman–Crippen MR) is 97.9 cm³/mol. The first-order valence-electron chi connectivity index (χ1n) is 9.60. The first kappa shape index (κ1) is 17.3. The van der Waals surface area contributed by atoms with Crippen molar-refractivity contribution in [1.29, 1.82) is 0 Å². The first-order chi connectivity index (χ1) is 12.5. The van der Waals surface area contributed by atoms with E-state index in [1.54, 1.807) is 16.4 Å². The average Bonchev–Trinajstić information content (AvgIpc) is 3.27. The van der Waals surface area contributed by atoms with Crippen molar-refractivity contribution >= 4 is 21.6 Å². The Morgan fingerprint density at radius 2 is 1.81 bits per heavy atom. The Hall–Kier alpha value is -0.820. The highest BCUT2D eigenvalue weighted by Gasteiger charge is 2.55. The van der Waals surface area contributed by atoms with Crippen LogP contribution in [0.15, 0.2) is 23.1 Å². The van der Waals surface area contributed by atoms with Crippen molar-refractivity contribution in [3.63, 3.8) is 0 Å². The molecule has 0 aromatic heterocycles. The lowest BCUT2D eigenvalue weighted by atomic mass is 9.82. The van der Waals surface area contributed by atoms with Gasteiger partial charge in [0.2, 0.25) is 10.0 Å². The van der Waals surface area contributed by atoms with E-state index in [2.05, 4.69) is 0 Å². The van der Waals surface area contributed by atoms with Crippen LogP contribution in [-0.2, 0) is 14.8 Å². The van der Waals surface area contributed by atoms with Gasteiger partial charge in [0.05, 0.1) is 18.8 Å². The summed E-state index contributed by atoms with van der Waals surface area (Å²) in [4.78, 5) is 0.206. The van der Waals surface area contributed by atoms with E-state index in [1.807, 2.05) is 0 Å². The summed E-state index contributed by atoms with van der Waals surface area (Å²) in [5.41, 5.74) is 0. The second-order valence-corrected chi connectivity index (χ2v) is 10.5. The lowest BCUT2D eigenvalue weighted by molar-refractivity contribution is 0.0778. The van der Waals surface area contributed by atoms with Gasteiger partial charge in [-0.15, -0.1) is 0 Å². The van der Waals surface area contributed by atoms with Gasteiger partial charge < -0.3 is 9.47 Å². The Balaban J connectivity index is 1.40. The van der Waals surface area contributed by atoms with Crippen LogP contribution in [0.3, 0.4) is 0 Å². The molecule has 1 aromatic rings. The molecule has 3 heterocycles. The second-order valence-electron chi connectivity index (χ2n) is 8.14. The highest BCUT2D eigenvalue weighted by Crippen LogP contribution is 2.48. The maximum atomic E-state index is 13.3. The molecule has 4 fully saturated rings. The lowest BCUT2D eigenvalue weighted by Gasteiger charge is -2.26. The van der Waals surface area contributed by atoms with Gasteiger partial charge in [-0.25, -0.2) is 8.42 Å². The van der Waals surface area contributed by atoms with E-state index in [-0.39, 0.29) is 17.1 Å². The monoisotopic (exact) mass is 397 g/mol. The fourth-order valence-corrected chi connectivity index (χ4v) is 6.84. The van der Waals surface area contributed by atoms with Crippen molar-refractivity contribution in [2.24, 2.45) is 17.8 Å². The molecule has 142 valence electrons. The number of hydrogen-bond acceptors (Lipinski definition) is 4. The molecule has 1 aromatic carbocycles. The summed E-state index contributed by atoms with van der Waals surface area (Å²) < 4.78 is 40.2. The third-order valence-corrected chi connectivity index (χ3v) is 8.73.